The van der Waals surface area contributed by atoms with Crippen molar-refractivity contribution in [1.29, 1.82) is 0 Å². The maximum Gasteiger partial charge on any atom is 0.278 e. The first kappa shape index (κ1) is 21.7. The summed E-state index contributed by atoms with van der Waals surface area (Å²) >= 11 is 0. The van der Waals surface area contributed by atoms with Gasteiger partial charge in [-0.2, -0.15) is 4.39 Å². The number of aromatic hydroxyl groups is 1. The van der Waals surface area contributed by atoms with Crippen molar-refractivity contribution < 1.29 is 23.4 Å². The number of fused-ring (bicyclic) bond motifs is 5. The molecule has 0 unspecified atom stereocenters. The molecule has 3 heterocycles. The molecule has 1 amide bonds. The van der Waals surface area contributed by atoms with Gasteiger partial charge in [-0.05, 0) is 30.7 Å². The largest absolute Gasteiger partial charge is 0.502 e. The van der Waals surface area contributed by atoms with E-state index in [4.69, 9.17) is 4.74 Å². The van der Waals surface area contributed by atoms with Crippen LogP contribution < -0.4 is 15.2 Å². The molecular weight excluding hydrogens is 444 g/mol. The van der Waals surface area contributed by atoms with E-state index in [1.807, 2.05) is 30.3 Å². The predicted octanol–water partition coefficient (Wildman–Crippen LogP) is 3.31. The average molecular weight is 465 g/mol. The molecule has 1 aromatic heterocycles. The average Bonchev–Trinajstić information content (AvgIpc) is 2.86. The van der Waals surface area contributed by atoms with Gasteiger partial charge in [0.05, 0.1) is 0 Å². The van der Waals surface area contributed by atoms with Gasteiger partial charge in [0.1, 0.15) is 19.3 Å². The minimum atomic E-state index is -1.12. The van der Waals surface area contributed by atoms with Crippen molar-refractivity contribution in [1.82, 2.24) is 9.58 Å². The van der Waals surface area contributed by atoms with Crippen molar-refractivity contribution in [3.63, 3.8) is 0 Å². The van der Waals surface area contributed by atoms with E-state index in [9.17, 15) is 23.5 Å². The molecule has 0 fully saturated rings. The molecule has 2 aliphatic rings. The lowest BCUT2D eigenvalue weighted by Gasteiger charge is -2.45. The van der Waals surface area contributed by atoms with Gasteiger partial charge in [0.2, 0.25) is 11.2 Å². The molecule has 9 heteroatoms. The van der Waals surface area contributed by atoms with Crippen LogP contribution in [0.1, 0.15) is 34.6 Å². The number of hydrogen-bond donors (Lipinski definition) is 1. The number of ether oxygens (including phenoxy) is 1. The van der Waals surface area contributed by atoms with Gasteiger partial charge in [-0.3, -0.25) is 19.3 Å². The van der Waals surface area contributed by atoms with Crippen molar-refractivity contribution in [3.8, 4) is 11.5 Å². The van der Waals surface area contributed by atoms with Gasteiger partial charge in [-0.15, -0.1) is 0 Å². The van der Waals surface area contributed by atoms with Gasteiger partial charge < -0.3 is 14.7 Å². The third-order valence-corrected chi connectivity index (χ3v) is 6.11. The van der Waals surface area contributed by atoms with Crippen LogP contribution in [0.5, 0.6) is 11.5 Å². The topological polar surface area (TPSA) is 75.0 Å². The second-order valence-corrected chi connectivity index (χ2v) is 8.15. The Kier molecular flexibility index (Phi) is 5.31. The number of carbonyl (C=O) groups excluding carboxylic acids is 1. The molecule has 174 valence electrons. The second-order valence-electron chi connectivity index (χ2n) is 8.15. The van der Waals surface area contributed by atoms with Gasteiger partial charge in [-0.25, -0.2) is 4.39 Å². The molecule has 3 aromatic rings. The molecule has 2 aliphatic heterocycles. The lowest BCUT2D eigenvalue weighted by Crippen LogP contribution is -2.57. The third-order valence-electron chi connectivity index (χ3n) is 6.11. The highest BCUT2D eigenvalue weighted by Crippen LogP contribution is 2.39. The van der Waals surface area contributed by atoms with Crippen LogP contribution >= 0.6 is 0 Å². The zero-order valence-electron chi connectivity index (χ0n) is 18.2. The Morgan fingerprint density at radius 2 is 1.82 bits per heavy atom. The Morgan fingerprint density at radius 3 is 2.59 bits per heavy atom. The summed E-state index contributed by atoms with van der Waals surface area (Å²) in [5.74, 6) is -3.62. The normalized spacial score (nSPS) is 20.6. The number of halogens is 2. The molecule has 5 rings (SSSR count). The fourth-order valence-electron chi connectivity index (χ4n) is 4.42. The van der Waals surface area contributed by atoms with Crippen molar-refractivity contribution in [2.75, 3.05) is 18.3 Å². The number of amides is 1. The number of nitrogens with zero attached hydrogens (tertiary/aromatic N) is 3. The molecule has 2 bridgehead atoms. The van der Waals surface area contributed by atoms with E-state index in [1.54, 1.807) is 24.1 Å². The van der Waals surface area contributed by atoms with Crippen LogP contribution in [0.25, 0.3) is 0 Å². The van der Waals surface area contributed by atoms with Crippen LogP contribution in [0, 0.1) is 11.6 Å². The van der Waals surface area contributed by atoms with Crippen molar-refractivity contribution >= 4 is 5.91 Å². The maximum atomic E-state index is 15.0. The van der Waals surface area contributed by atoms with E-state index in [0.29, 0.717) is 11.1 Å². The highest BCUT2D eigenvalue weighted by Gasteiger charge is 2.39. The van der Waals surface area contributed by atoms with E-state index in [0.717, 1.165) is 12.1 Å². The highest BCUT2D eigenvalue weighted by atomic mass is 19.2. The summed E-state index contributed by atoms with van der Waals surface area (Å²) in [5, 5.41) is 12.3. The molecular formula is C25H21F2N3O4. The SMILES string of the molecule is C[C@@H]1/C=C/COc2c(ccc(F)c2F)[C@@H](c2ccccc2)N2CN1C(=O)c1c(O)c(=O)ccn12. The molecule has 2 atom stereocenters. The van der Waals surface area contributed by atoms with E-state index < -0.39 is 40.8 Å². The molecule has 0 saturated carbocycles. The molecule has 34 heavy (non-hydrogen) atoms. The van der Waals surface area contributed by atoms with Gasteiger partial charge in [0.15, 0.2) is 23.0 Å². The Labute approximate surface area is 193 Å². The molecule has 7 nitrogen and oxygen atoms in total. The third kappa shape index (κ3) is 3.40. The Hall–Kier alpha value is -4.14. The van der Waals surface area contributed by atoms with Crippen LogP contribution in [0.2, 0.25) is 0 Å². The monoisotopic (exact) mass is 465 g/mol. The quantitative estimate of drug-likeness (QED) is 0.559. The van der Waals surface area contributed by atoms with Gasteiger partial charge in [0.25, 0.3) is 5.91 Å². The van der Waals surface area contributed by atoms with Crippen LogP contribution in [-0.2, 0) is 0 Å². The molecule has 0 saturated heterocycles. The van der Waals surface area contributed by atoms with Gasteiger partial charge in [0, 0.05) is 23.9 Å². The van der Waals surface area contributed by atoms with Gasteiger partial charge in [-0.1, -0.05) is 36.4 Å². The lowest BCUT2D eigenvalue weighted by molar-refractivity contribution is 0.0643. The van der Waals surface area contributed by atoms with Crippen LogP contribution in [0.3, 0.4) is 0 Å². The van der Waals surface area contributed by atoms with E-state index >= 15 is 0 Å². The first-order valence-corrected chi connectivity index (χ1v) is 10.7. The Morgan fingerprint density at radius 1 is 1.06 bits per heavy atom. The maximum absolute atomic E-state index is 15.0. The van der Waals surface area contributed by atoms with E-state index in [-0.39, 0.29) is 24.7 Å². The Bertz CT molecular complexity index is 1360. The number of pyridine rings is 1. The zero-order valence-corrected chi connectivity index (χ0v) is 18.2. The number of rotatable bonds is 1. The fourth-order valence-corrected chi connectivity index (χ4v) is 4.42. The smallest absolute Gasteiger partial charge is 0.278 e. The molecule has 1 N–H and O–H groups in total. The summed E-state index contributed by atoms with van der Waals surface area (Å²) in [7, 11) is 0. The Balaban J connectivity index is 1.84. The first-order valence-electron chi connectivity index (χ1n) is 10.7. The van der Waals surface area contributed by atoms with Crippen LogP contribution in [-0.4, -0.2) is 39.9 Å². The summed E-state index contributed by atoms with van der Waals surface area (Å²) in [6.45, 7) is 1.78. The summed E-state index contributed by atoms with van der Waals surface area (Å²) < 4.78 is 36.3. The number of aromatic nitrogens is 1. The van der Waals surface area contributed by atoms with E-state index in [1.165, 1.54) is 21.8 Å². The van der Waals surface area contributed by atoms with E-state index in [2.05, 4.69) is 0 Å². The number of carbonyl (C=O) groups is 1. The molecule has 2 aromatic carbocycles. The minimum Gasteiger partial charge on any atom is -0.502 e. The molecule has 0 radical (unpaired) electrons. The number of benzene rings is 2. The van der Waals surface area contributed by atoms with Crippen LogP contribution in [0.15, 0.2) is 71.7 Å². The fraction of sp³-hybridized carbons (Fsp3) is 0.200. The minimum absolute atomic E-state index is 0.0393. The number of hydrogen-bond acceptors (Lipinski definition) is 5. The molecule has 0 spiro atoms. The highest BCUT2D eigenvalue weighted by molar-refractivity contribution is 5.96. The first-order chi connectivity index (χ1) is 16.4. The van der Waals surface area contributed by atoms with Crippen LogP contribution in [0.4, 0.5) is 8.78 Å². The van der Waals surface area contributed by atoms with Crippen molar-refractivity contribution in [3.05, 3.63) is 106 Å². The zero-order chi connectivity index (χ0) is 24.0. The van der Waals surface area contributed by atoms with Crippen molar-refractivity contribution in [2.24, 2.45) is 0 Å². The summed E-state index contributed by atoms with van der Waals surface area (Å²) in [6, 6.07) is 11.5. The lowest BCUT2D eigenvalue weighted by atomic mass is 9.96. The standard InChI is InChI=1S/C25H21F2N3O4/c1-15-6-5-13-34-24-17(9-10-18(26)20(24)27)21(16-7-3-2-4-8-16)30-14-28(15)25(33)22-23(32)19(31)11-12-29(22)30/h2-12,15,21,32H,13-14H2,1H3/b6-5+/t15-,21-/m1/s1. The second kappa shape index (κ2) is 8.33. The van der Waals surface area contributed by atoms with Crippen molar-refractivity contribution in [2.45, 2.75) is 19.0 Å². The molecule has 0 aliphatic carbocycles. The summed E-state index contributed by atoms with van der Waals surface area (Å²) in [4.78, 5) is 27.1. The van der Waals surface area contributed by atoms with Gasteiger partial charge >= 0.3 is 0 Å². The summed E-state index contributed by atoms with van der Waals surface area (Å²) in [6.07, 6.45) is 4.71. The summed E-state index contributed by atoms with van der Waals surface area (Å²) in [5.41, 5.74) is 0.134. The predicted molar refractivity (Wildman–Crippen MR) is 120 cm³/mol.